The van der Waals surface area contributed by atoms with E-state index < -0.39 is 5.97 Å². The molecule has 1 amide bonds. The summed E-state index contributed by atoms with van der Waals surface area (Å²) in [5, 5.41) is 10.5. The maximum atomic E-state index is 13.2. The quantitative estimate of drug-likeness (QED) is 0.530. The topological polar surface area (TPSA) is 76.1 Å². The van der Waals surface area contributed by atoms with Gasteiger partial charge in [-0.25, -0.2) is 4.79 Å². The first-order valence-electron chi connectivity index (χ1n) is 8.95. The average Bonchev–Trinajstić information content (AvgIpc) is 2.95. The number of phenols is 1. The summed E-state index contributed by atoms with van der Waals surface area (Å²) in [4.78, 5) is 27.2. The van der Waals surface area contributed by atoms with E-state index in [2.05, 4.69) is 15.9 Å². The highest BCUT2D eigenvalue weighted by molar-refractivity contribution is 9.10. The minimum atomic E-state index is -0.623. The lowest BCUT2D eigenvalue weighted by Gasteiger charge is -2.18. The molecule has 2 aromatic rings. The summed E-state index contributed by atoms with van der Waals surface area (Å²) in [5.74, 6) is -0.801. The van der Waals surface area contributed by atoms with Gasteiger partial charge < -0.3 is 14.6 Å². The van der Waals surface area contributed by atoms with E-state index in [0.717, 1.165) is 4.47 Å². The highest BCUT2D eigenvalue weighted by Crippen LogP contribution is 2.38. The standard InChI is InChI=1S/C22H20BrNO5/c1-4-29-18-7-5-6-14(20(18)25)12-17-19(22(27)28-3)13(2)24(21(17)26)16-10-8-15(23)9-11-16/h5-12,25H,4H2,1-3H3/b17-12-. The van der Waals surface area contributed by atoms with Crippen LogP contribution >= 0.6 is 15.9 Å². The maximum Gasteiger partial charge on any atom is 0.340 e. The Morgan fingerprint density at radius 3 is 2.52 bits per heavy atom. The lowest BCUT2D eigenvalue weighted by Crippen LogP contribution is -2.24. The highest BCUT2D eigenvalue weighted by atomic mass is 79.9. The van der Waals surface area contributed by atoms with Crippen LogP contribution in [0.5, 0.6) is 11.5 Å². The molecule has 6 nitrogen and oxygen atoms in total. The molecule has 0 aromatic heterocycles. The molecule has 29 heavy (non-hydrogen) atoms. The van der Waals surface area contributed by atoms with Crippen LogP contribution in [0.25, 0.3) is 6.08 Å². The van der Waals surface area contributed by atoms with Gasteiger partial charge in [0.2, 0.25) is 0 Å². The van der Waals surface area contributed by atoms with E-state index in [1.54, 1.807) is 37.3 Å². The van der Waals surface area contributed by atoms with Gasteiger partial charge in [0.15, 0.2) is 11.5 Å². The molecule has 3 rings (SSSR count). The summed E-state index contributed by atoms with van der Waals surface area (Å²) in [6.45, 7) is 3.88. The van der Waals surface area contributed by atoms with Gasteiger partial charge in [-0.05, 0) is 50.3 Å². The number of hydrogen-bond acceptors (Lipinski definition) is 5. The summed E-state index contributed by atoms with van der Waals surface area (Å²) < 4.78 is 11.2. The monoisotopic (exact) mass is 457 g/mol. The van der Waals surface area contributed by atoms with Crippen LogP contribution in [0, 0.1) is 0 Å². The lowest BCUT2D eigenvalue weighted by molar-refractivity contribution is -0.136. The number of halogens is 1. The van der Waals surface area contributed by atoms with Crippen LogP contribution in [-0.2, 0) is 14.3 Å². The molecule has 2 aromatic carbocycles. The van der Waals surface area contributed by atoms with Gasteiger partial charge in [0, 0.05) is 21.4 Å². The molecule has 0 saturated carbocycles. The molecule has 0 bridgehead atoms. The molecule has 0 unspecified atom stereocenters. The van der Waals surface area contributed by atoms with Crippen LogP contribution in [0.2, 0.25) is 0 Å². The van der Waals surface area contributed by atoms with Gasteiger partial charge in [-0.3, -0.25) is 9.69 Å². The van der Waals surface area contributed by atoms with Gasteiger partial charge in [-0.2, -0.15) is 0 Å². The maximum absolute atomic E-state index is 13.2. The summed E-state index contributed by atoms with van der Waals surface area (Å²) in [6.07, 6.45) is 1.48. The Morgan fingerprint density at radius 1 is 1.21 bits per heavy atom. The minimum Gasteiger partial charge on any atom is -0.504 e. The number of aromatic hydroxyl groups is 1. The van der Waals surface area contributed by atoms with Crippen LogP contribution in [-0.4, -0.2) is 30.7 Å². The molecule has 0 radical (unpaired) electrons. The fraction of sp³-hybridized carbons (Fsp3) is 0.182. The summed E-state index contributed by atoms with van der Waals surface area (Å²) in [5.41, 5.74) is 1.73. The number of phenolic OH excluding ortho intramolecular Hbond substituents is 1. The Kier molecular flexibility index (Phi) is 6.08. The number of esters is 1. The van der Waals surface area contributed by atoms with E-state index in [1.165, 1.54) is 18.1 Å². The number of hydrogen-bond donors (Lipinski definition) is 1. The van der Waals surface area contributed by atoms with Crippen molar-refractivity contribution < 1.29 is 24.2 Å². The van der Waals surface area contributed by atoms with E-state index in [0.29, 0.717) is 29.3 Å². The zero-order valence-corrected chi connectivity index (χ0v) is 17.8. The number of rotatable bonds is 5. The van der Waals surface area contributed by atoms with Gasteiger partial charge in [0.05, 0.1) is 24.9 Å². The fourth-order valence-corrected chi connectivity index (χ4v) is 3.43. The molecule has 0 saturated heterocycles. The van der Waals surface area contributed by atoms with Crippen molar-refractivity contribution in [1.29, 1.82) is 0 Å². The molecule has 0 fully saturated rings. The number of methoxy groups -OCH3 is 1. The molecule has 150 valence electrons. The van der Waals surface area contributed by atoms with Crippen molar-refractivity contribution in [2.75, 3.05) is 18.6 Å². The number of ether oxygens (including phenoxy) is 2. The SMILES string of the molecule is CCOc1cccc(/C=C2\C(=O)N(c3ccc(Br)cc3)C(C)=C2C(=O)OC)c1O. The van der Waals surface area contributed by atoms with Gasteiger partial charge in [0.25, 0.3) is 5.91 Å². The Bertz CT molecular complexity index is 1020. The predicted octanol–water partition coefficient (Wildman–Crippen LogP) is 4.43. The van der Waals surface area contributed by atoms with Crippen LogP contribution in [0.15, 0.2) is 63.8 Å². The zero-order chi connectivity index (χ0) is 21.1. The van der Waals surface area contributed by atoms with Crippen molar-refractivity contribution in [3.05, 3.63) is 69.3 Å². The number of amides is 1. The molecule has 0 aliphatic carbocycles. The van der Waals surface area contributed by atoms with E-state index in [1.807, 2.05) is 19.1 Å². The molecule has 1 heterocycles. The van der Waals surface area contributed by atoms with Crippen LogP contribution in [0.3, 0.4) is 0 Å². The van der Waals surface area contributed by atoms with Crippen LogP contribution in [0.4, 0.5) is 5.69 Å². The van der Waals surface area contributed by atoms with E-state index in [9.17, 15) is 14.7 Å². The Hall–Kier alpha value is -3.06. The number of carbonyl (C=O) groups is 2. The number of allylic oxidation sites excluding steroid dienone is 1. The second kappa shape index (κ2) is 8.53. The molecule has 1 aliphatic rings. The fourth-order valence-electron chi connectivity index (χ4n) is 3.16. The molecule has 1 aliphatic heterocycles. The van der Waals surface area contributed by atoms with Gasteiger partial charge in [-0.15, -0.1) is 0 Å². The number of carbonyl (C=O) groups excluding carboxylic acids is 2. The predicted molar refractivity (Wildman–Crippen MR) is 114 cm³/mol. The largest absolute Gasteiger partial charge is 0.504 e. The van der Waals surface area contributed by atoms with Crippen molar-refractivity contribution in [3.63, 3.8) is 0 Å². The van der Waals surface area contributed by atoms with Crippen molar-refractivity contribution in [1.82, 2.24) is 0 Å². The molecule has 0 spiro atoms. The first-order valence-corrected chi connectivity index (χ1v) is 9.74. The molecule has 1 N–H and O–H groups in total. The first-order chi connectivity index (χ1) is 13.9. The van der Waals surface area contributed by atoms with Crippen molar-refractivity contribution in [2.45, 2.75) is 13.8 Å². The smallest absolute Gasteiger partial charge is 0.340 e. The molecular formula is C22H20BrNO5. The Morgan fingerprint density at radius 2 is 1.90 bits per heavy atom. The van der Waals surface area contributed by atoms with E-state index in [4.69, 9.17) is 9.47 Å². The number of para-hydroxylation sites is 1. The highest BCUT2D eigenvalue weighted by Gasteiger charge is 2.38. The molecular weight excluding hydrogens is 438 g/mol. The summed E-state index contributed by atoms with van der Waals surface area (Å²) in [6, 6.07) is 12.2. The average molecular weight is 458 g/mol. The third-order valence-electron chi connectivity index (χ3n) is 4.50. The summed E-state index contributed by atoms with van der Waals surface area (Å²) >= 11 is 3.37. The number of anilines is 1. The minimum absolute atomic E-state index is 0.0985. The van der Waals surface area contributed by atoms with Crippen molar-refractivity contribution in [2.24, 2.45) is 0 Å². The second-order valence-corrected chi connectivity index (χ2v) is 7.17. The third kappa shape index (κ3) is 3.91. The van der Waals surface area contributed by atoms with Crippen molar-refractivity contribution >= 4 is 39.6 Å². The van der Waals surface area contributed by atoms with Gasteiger partial charge in [-0.1, -0.05) is 28.1 Å². The molecule has 0 atom stereocenters. The van der Waals surface area contributed by atoms with E-state index >= 15 is 0 Å². The Labute approximate surface area is 177 Å². The van der Waals surface area contributed by atoms with E-state index in [-0.39, 0.29) is 22.8 Å². The normalized spacial score (nSPS) is 15.2. The van der Waals surface area contributed by atoms with Crippen LogP contribution in [0.1, 0.15) is 19.4 Å². The zero-order valence-electron chi connectivity index (χ0n) is 16.2. The second-order valence-electron chi connectivity index (χ2n) is 6.25. The van der Waals surface area contributed by atoms with Gasteiger partial charge in [0.1, 0.15) is 0 Å². The third-order valence-corrected chi connectivity index (χ3v) is 5.03. The van der Waals surface area contributed by atoms with Crippen molar-refractivity contribution in [3.8, 4) is 11.5 Å². The molecule has 7 heteroatoms. The first kappa shape index (κ1) is 20.7. The van der Waals surface area contributed by atoms with Crippen LogP contribution < -0.4 is 9.64 Å². The lowest BCUT2D eigenvalue weighted by atomic mass is 10.0. The van der Waals surface area contributed by atoms with Gasteiger partial charge >= 0.3 is 5.97 Å². The summed E-state index contributed by atoms with van der Waals surface area (Å²) in [7, 11) is 1.26. The Balaban J connectivity index is 2.14. The number of benzene rings is 2. The number of nitrogens with zero attached hydrogens (tertiary/aromatic N) is 1.